The van der Waals surface area contributed by atoms with Gasteiger partial charge in [-0.1, -0.05) is 6.07 Å². The number of thiophene rings is 1. The first-order valence-corrected chi connectivity index (χ1v) is 9.38. The third-order valence-electron chi connectivity index (χ3n) is 4.34. The maximum atomic E-state index is 12.5. The Kier molecular flexibility index (Phi) is 5.74. The Morgan fingerprint density at radius 1 is 1.29 bits per heavy atom. The van der Waals surface area contributed by atoms with Crippen LogP contribution >= 0.6 is 11.3 Å². The number of aromatic nitrogens is 1. The zero-order valence-electron chi connectivity index (χ0n) is 15.3. The molecule has 0 atom stereocenters. The van der Waals surface area contributed by atoms with Crippen molar-refractivity contribution in [1.82, 2.24) is 4.57 Å². The highest BCUT2D eigenvalue weighted by Crippen LogP contribution is 2.19. The number of ether oxygens (including phenoxy) is 1. The first kappa shape index (κ1) is 19.6. The van der Waals surface area contributed by atoms with E-state index in [2.05, 4.69) is 10.6 Å². The van der Waals surface area contributed by atoms with Crippen molar-refractivity contribution in [3.63, 3.8) is 0 Å². The second kappa shape index (κ2) is 8.22. The Balaban J connectivity index is 1.63. The van der Waals surface area contributed by atoms with E-state index < -0.39 is 23.4 Å². The highest BCUT2D eigenvalue weighted by atomic mass is 32.1. The fourth-order valence-electron chi connectivity index (χ4n) is 2.92. The van der Waals surface area contributed by atoms with Crippen LogP contribution in [0.1, 0.15) is 37.2 Å². The van der Waals surface area contributed by atoms with Crippen molar-refractivity contribution < 1.29 is 23.7 Å². The summed E-state index contributed by atoms with van der Waals surface area (Å²) in [4.78, 5) is 35.5. The Morgan fingerprint density at radius 2 is 2.07 bits per heavy atom. The topological polar surface area (TPSA) is 105 Å². The van der Waals surface area contributed by atoms with E-state index in [1.807, 2.05) is 25.3 Å². The Hall–Kier alpha value is -3.20. The molecule has 3 aromatic heterocycles. The molecule has 3 heterocycles. The summed E-state index contributed by atoms with van der Waals surface area (Å²) in [5, 5.41) is 12.6. The van der Waals surface area contributed by atoms with Crippen LogP contribution in [-0.4, -0.2) is 27.8 Å². The average Bonchev–Trinajstić information content (AvgIpc) is 3.39. The third kappa shape index (κ3) is 4.20. The number of rotatable bonds is 8. The minimum Gasteiger partial charge on any atom is -0.451 e. The van der Waals surface area contributed by atoms with Crippen molar-refractivity contribution in [3.8, 4) is 0 Å². The molecule has 3 rings (SSSR count). The van der Waals surface area contributed by atoms with E-state index in [1.54, 1.807) is 17.4 Å². The van der Waals surface area contributed by atoms with Gasteiger partial charge in [0.15, 0.2) is 6.61 Å². The molecule has 0 fully saturated rings. The van der Waals surface area contributed by atoms with Gasteiger partial charge >= 0.3 is 11.9 Å². The minimum atomic E-state index is -0.923. The molecule has 0 aromatic carbocycles. The summed E-state index contributed by atoms with van der Waals surface area (Å²) in [6, 6.07) is 8.05. The molecule has 146 valence electrons. The van der Waals surface area contributed by atoms with Gasteiger partial charge in [-0.15, -0.1) is 11.3 Å². The fraction of sp³-hybridized carbons (Fsp3) is 0.263. The molecule has 0 N–H and O–H groups in total. The van der Waals surface area contributed by atoms with Crippen molar-refractivity contribution in [1.29, 1.82) is 0 Å². The number of hydrogen-bond acceptors (Lipinski definition) is 7. The van der Waals surface area contributed by atoms with Crippen LogP contribution in [0, 0.1) is 24.0 Å². The van der Waals surface area contributed by atoms with E-state index in [0.29, 0.717) is 5.56 Å². The fourth-order valence-corrected chi connectivity index (χ4v) is 3.62. The Bertz CT molecular complexity index is 1020. The van der Waals surface area contributed by atoms with Crippen LogP contribution in [-0.2, 0) is 17.7 Å². The molecule has 0 bridgehead atoms. The maximum absolute atomic E-state index is 12.5. The molecule has 0 saturated carbocycles. The van der Waals surface area contributed by atoms with Gasteiger partial charge in [0.1, 0.15) is 4.92 Å². The first-order chi connectivity index (χ1) is 13.4. The van der Waals surface area contributed by atoms with Crippen LogP contribution < -0.4 is 0 Å². The Morgan fingerprint density at radius 3 is 2.71 bits per heavy atom. The highest BCUT2D eigenvalue weighted by Gasteiger charge is 2.21. The van der Waals surface area contributed by atoms with Gasteiger partial charge in [-0.25, -0.2) is 4.79 Å². The monoisotopic (exact) mass is 402 g/mol. The van der Waals surface area contributed by atoms with Crippen molar-refractivity contribution in [2.45, 2.75) is 26.8 Å². The van der Waals surface area contributed by atoms with E-state index in [1.165, 1.54) is 4.88 Å². The summed E-state index contributed by atoms with van der Waals surface area (Å²) in [6.07, 6.45) is 0.869. The van der Waals surface area contributed by atoms with Crippen molar-refractivity contribution in [2.24, 2.45) is 0 Å². The molecule has 0 amide bonds. The van der Waals surface area contributed by atoms with Crippen LogP contribution in [0.5, 0.6) is 0 Å². The number of Topliss-reactive ketones (excluding diaryl/α,β-unsaturated/α-hetero) is 1. The van der Waals surface area contributed by atoms with Gasteiger partial charge in [-0.3, -0.25) is 14.9 Å². The summed E-state index contributed by atoms with van der Waals surface area (Å²) in [7, 11) is 0. The smallest absolute Gasteiger partial charge is 0.433 e. The van der Waals surface area contributed by atoms with Crippen LogP contribution in [0.2, 0.25) is 0 Å². The van der Waals surface area contributed by atoms with Gasteiger partial charge in [0.2, 0.25) is 11.5 Å². The van der Waals surface area contributed by atoms with Crippen molar-refractivity contribution in [3.05, 3.63) is 73.4 Å². The third-order valence-corrected chi connectivity index (χ3v) is 5.28. The lowest BCUT2D eigenvalue weighted by Crippen LogP contribution is -2.15. The van der Waals surface area contributed by atoms with E-state index in [4.69, 9.17) is 9.15 Å². The number of aryl methyl sites for hydroxylation is 2. The number of ketones is 1. The van der Waals surface area contributed by atoms with Gasteiger partial charge in [0, 0.05) is 28.4 Å². The number of carbonyl (C=O) groups is 2. The maximum Gasteiger partial charge on any atom is 0.433 e. The molecule has 0 aliphatic rings. The molecule has 9 heteroatoms. The number of hydrogen-bond donors (Lipinski definition) is 0. The van der Waals surface area contributed by atoms with Crippen molar-refractivity contribution >= 4 is 29.0 Å². The summed E-state index contributed by atoms with van der Waals surface area (Å²) in [6.45, 7) is 4.06. The van der Waals surface area contributed by atoms with Crippen LogP contribution in [0.15, 0.2) is 40.1 Å². The lowest BCUT2D eigenvalue weighted by atomic mass is 10.1. The van der Waals surface area contributed by atoms with Crippen molar-refractivity contribution in [2.75, 3.05) is 6.61 Å². The molecule has 0 unspecified atom stereocenters. The normalized spacial score (nSPS) is 10.8. The lowest BCUT2D eigenvalue weighted by molar-refractivity contribution is -0.402. The van der Waals surface area contributed by atoms with Gasteiger partial charge < -0.3 is 13.7 Å². The predicted molar refractivity (Wildman–Crippen MR) is 102 cm³/mol. The number of nitro groups is 1. The second-order valence-corrected chi connectivity index (χ2v) is 7.19. The zero-order chi connectivity index (χ0) is 20.3. The van der Waals surface area contributed by atoms with E-state index in [0.717, 1.165) is 36.5 Å². The van der Waals surface area contributed by atoms with Gasteiger partial charge in [0.25, 0.3) is 0 Å². The number of carbonyl (C=O) groups excluding carboxylic acids is 2. The summed E-state index contributed by atoms with van der Waals surface area (Å²) in [5.74, 6) is -2.15. The standard InChI is InChI=1S/C19H18N2O6S/c1-12-10-15(13(2)20(12)8-7-14-4-3-9-28-14)16(22)11-26-19(23)17-5-6-18(27-17)21(24)25/h3-6,9-10H,7-8,11H2,1-2H3. The van der Waals surface area contributed by atoms with E-state index >= 15 is 0 Å². The predicted octanol–water partition coefficient (Wildman–Crippen LogP) is 3.95. The molecule has 8 nitrogen and oxygen atoms in total. The quantitative estimate of drug-likeness (QED) is 0.244. The Labute approximate surface area is 164 Å². The molecule has 0 radical (unpaired) electrons. The summed E-state index contributed by atoms with van der Waals surface area (Å²) < 4.78 is 11.8. The second-order valence-electron chi connectivity index (χ2n) is 6.16. The number of furan rings is 1. The molecule has 0 saturated heterocycles. The SMILES string of the molecule is Cc1cc(C(=O)COC(=O)c2ccc([N+](=O)[O-])o2)c(C)n1CCc1cccs1. The number of esters is 1. The molecule has 28 heavy (non-hydrogen) atoms. The van der Waals surface area contributed by atoms with Crippen LogP contribution in [0.4, 0.5) is 5.88 Å². The molecule has 0 spiro atoms. The molecule has 3 aromatic rings. The van der Waals surface area contributed by atoms with E-state index in [9.17, 15) is 19.7 Å². The first-order valence-electron chi connectivity index (χ1n) is 8.50. The highest BCUT2D eigenvalue weighted by molar-refractivity contribution is 7.09. The van der Waals surface area contributed by atoms with Gasteiger partial charge in [0.05, 0.1) is 6.07 Å². The summed E-state index contributed by atoms with van der Waals surface area (Å²) >= 11 is 1.69. The molecular weight excluding hydrogens is 384 g/mol. The number of nitrogens with zero attached hydrogens (tertiary/aromatic N) is 2. The van der Waals surface area contributed by atoms with Crippen LogP contribution in [0.25, 0.3) is 0 Å². The van der Waals surface area contributed by atoms with E-state index in [-0.39, 0.29) is 11.5 Å². The average molecular weight is 402 g/mol. The van der Waals surface area contributed by atoms with Gasteiger partial charge in [-0.05, 0) is 43.8 Å². The minimum absolute atomic E-state index is 0.319. The zero-order valence-corrected chi connectivity index (χ0v) is 16.2. The molecular formula is C19H18N2O6S. The molecule has 0 aliphatic heterocycles. The summed E-state index contributed by atoms with van der Waals surface area (Å²) in [5.41, 5.74) is 2.25. The van der Waals surface area contributed by atoms with Crippen LogP contribution in [0.3, 0.4) is 0 Å². The lowest BCUT2D eigenvalue weighted by Gasteiger charge is -2.09. The largest absolute Gasteiger partial charge is 0.451 e. The molecule has 0 aliphatic carbocycles. The van der Waals surface area contributed by atoms with Gasteiger partial charge in [-0.2, -0.15) is 0 Å².